The average Bonchev–Trinajstić information content (AvgIpc) is 2.42. The van der Waals surface area contributed by atoms with Crippen molar-refractivity contribution in [2.45, 2.75) is 19.4 Å². The van der Waals surface area contributed by atoms with Crippen molar-refractivity contribution in [3.8, 4) is 0 Å². The summed E-state index contributed by atoms with van der Waals surface area (Å²) in [7, 11) is 0. The molecule has 0 amide bonds. The van der Waals surface area contributed by atoms with E-state index in [0.29, 0.717) is 5.82 Å². The molecule has 0 fully saturated rings. The molecule has 3 N–H and O–H groups in total. The van der Waals surface area contributed by atoms with Crippen molar-refractivity contribution in [1.82, 2.24) is 15.3 Å². The zero-order valence-electron chi connectivity index (χ0n) is 11.1. The van der Waals surface area contributed by atoms with E-state index in [2.05, 4.69) is 54.1 Å². The predicted molar refractivity (Wildman–Crippen MR) is 88.4 cm³/mol. The van der Waals surface area contributed by atoms with Gasteiger partial charge in [0.2, 0.25) is 0 Å². The highest BCUT2D eigenvalue weighted by molar-refractivity contribution is 9.11. The number of hydrogen-bond acceptors (Lipinski definition) is 4. The lowest BCUT2D eigenvalue weighted by atomic mass is 10.0. The number of anilines is 1. The first-order valence-electron chi connectivity index (χ1n) is 6.38. The van der Waals surface area contributed by atoms with E-state index in [0.717, 1.165) is 33.2 Å². The summed E-state index contributed by atoms with van der Waals surface area (Å²) in [6, 6.07) is 5.77. The lowest BCUT2D eigenvalue weighted by molar-refractivity contribution is 0.584. The Bertz CT molecular complexity index is 589. The van der Waals surface area contributed by atoms with Gasteiger partial charge in [0.1, 0.15) is 5.82 Å². The third kappa shape index (κ3) is 3.56. The van der Waals surface area contributed by atoms with Crippen molar-refractivity contribution in [2.75, 3.05) is 12.3 Å². The minimum Gasteiger partial charge on any atom is -0.383 e. The molecule has 2 heterocycles. The number of aromatic nitrogens is 2. The number of pyridine rings is 2. The molecule has 0 saturated heterocycles. The molecule has 0 bridgehead atoms. The summed E-state index contributed by atoms with van der Waals surface area (Å²) in [6.45, 7) is 3.00. The van der Waals surface area contributed by atoms with E-state index in [1.54, 1.807) is 12.4 Å². The molecular weight excluding hydrogens is 384 g/mol. The standard InChI is InChI=1S/C14H16Br2N4/c1-2-5-18-12(10-4-3-6-19-14(10)17)13-11(16)7-9(15)8-20-13/h3-4,6-8,12,18H,2,5H2,1H3,(H2,17,19). The van der Waals surface area contributed by atoms with Crippen LogP contribution in [-0.4, -0.2) is 16.5 Å². The molecule has 0 aliphatic heterocycles. The molecule has 20 heavy (non-hydrogen) atoms. The third-order valence-electron chi connectivity index (χ3n) is 2.89. The van der Waals surface area contributed by atoms with E-state index < -0.39 is 0 Å². The van der Waals surface area contributed by atoms with E-state index in [1.165, 1.54) is 0 Å². The number of hydrogen-bond donors (Lipinski definition) is 2. The van der Waals surface area contributed by atoms with E-state index in [-0.39, 0.29) is 6.04 Å². The molecule has 1 unspecified atom stereocenters. The monoisotopic (exact) mass is 398 g/mol. The molecule has 0 aromatic carbocycles. The maximum Gasteiger partial charge on any atom is 0.128 e. The van der Waals surface area contributed by atoms with Crippen molar-refractivity contribution >= 4 is 37.7 Å². The first kappa shape index (κ1) is 15.4. The normalized spacial score (nSPS) is 12.3. The Hall–Kier alpha value is -0.980. The third-order valence-corrected chi connectivity index (χ3v) is 3.96. The Morgan fingerprint density at radius 1 is 1.35 bits per heavy atom. The lowest BCUT2D eigenvalue weighted by Crippen LogP contribution is -2.25. The van der Waals surface area contributed by atoms with Gasteiger partial charge in [-0.3, -0.25) is 4.98 Å². The van der Waals surface area contributed by atoms with Crippen molar-refractivity contribution < 1.29 is 0 Å². The van der Waals surface area contributed by atoms with Gasteiger partial charge in [0.05, 0.1) is 11.7 Å². The van der Waals surface area contributed by atoms with Crippen LogP contribution in [0.3, 0.4) is 0 Å². The lowest BCUT2D eigenvalue weighted by Gasteiger charge is -2.20. The van der Waals surface area contributed by atoms with Crippen LogP contribution in [0.4, 0.5) is 5.82 Å². The van der Waals surface area contributed by atoms with Gasteiger partial charge in [0.25, 0.3) is 0 Å². The van der Waals surface area contributed by atoms with Gasteiger partial charge in [0.15, 0.2) is 0 Å². The van der Waals surface area contributed by atoms with Crippen LogP contribution < -0.4 is 11.1 Å². The van der Waals surface area contributed by atoms with Gasteiger partial charge in [-0.05, 0) is 57.0 Å². The van der Waals surface area contributed by atoms with Crippen LogP contribution in [-0.2, 0) is 0 Å². The number of rotatable bonds is 5. The zero-order valence-corrected chi connectivity index (χ0v) is 14.3. The van der Waals surface area contributed by atoms with Gasteiger partial charge in [-0.2, -0.15) is 0 Å². The highest BCUT2D eigenvalue weighted by Gasteiger charge is 2.20. The number of nitrogens with zero attached hydrogens (tertiary/aromatic N) is 2. The van der Waals surface area contributed by atoms with Crippen LogP contribution in [0.1, 0.15) is 30.6 Å². The molecule has 0 spiro atoms. The molecule has 2 aromatic rings. The molecule has 0 radical (unpaired) electrons. The van der Waals surface area contributed by atoms with Crippen LogP contribution >= 0.6 is 31.9 Å². The molecule has 1 atom stereocenters. The fraction of sp³-hybridized carbons (Fsp3) is 0.286. The van der Waals surface area contributed by atoms with E-state index in [9.17, 15) is 0 Å². The van der Waals surface area contributed by atoms with Gasteiger partial charge >= 0.3 is 0 Å². The summed E-state index contributed by atoms with van der Waals surface area (Å²) in [5.74, 6) is 0.526. The molecule has 4 nitrogen and oxygen atoms in total. The van der Waals surface area contributed by atoms with Crippen molar-refractivity contribution in [2.24, 2.45) is 0 Å². The van der Waals surface area contributed by atoms with Crippen molar-refractivity contribution in [3.63, 3.8) is 0 Å². The fourth-order valence-electron chi connectivity index (χ4n) is 1.95. The summed E-state index contributed by atoms with van der Waals surface area (Å²) >= 11 is 6.99. The Labute approximate surface area is 135 Å². The number of nitrogens with two attached hydrogens (primary N) is 1. The summed E-state index contributed by atoms with van der Waals surface area (Å²) in [5.41, 5.74) is 7.85. The predicted octanol–water partition coefficient (Wildman–Crippen LogP) is 3.67. The maximum atomic E-state index is 6.01. The van der Waals surface area contributed by atoms with Crippen molar-refractivity contribution in [3.05, 3.63) is 50.8 Å². The number of nitrogen functional groups attached to an aromatic ring is 1. The average molecular weight is 400 g/mol. The second-order valence-electron chi connectivity index (χ2n) is 4.39. The maximum absolute atomic E-state index is 6.01. The van der Waals surface area contributed by atoms with Crippen LogP contribution in [0.5, 0.6) is 0 Å². The number of nitrogens with one attached hydrogen (secondary N) is 1. The molecule has 0 saturated carbocycles. The molecule has 6 heteroatoms. The highest BCUT2D eigenvalue weighted by Crippen LogP contribution is 2.30. The Morgan fingerprint density at radius 2 is 2.15 bits per heavy atom. The molecule has 106 valence electrons. The Kier molecular flexibility index (Phi) is 5.51. The van der Waals surface area contributed by atoms with Gasteiger partial charge in [0, 0.05) is 26.9 Å². The molecular formula is C14H16Br2N4. The second kappa shape index (κ2) is 7.15. The Balaban J connectivity index is 2.44. The van der Waals surface area contributed by atoms with Crippen LogP contribution in [0.2, 0.25) is 0 Å². The van der Waals surface area contributed by atoms with E-state index in [4.69, 9.17) is 5.73 Å². The molecule has 2 rings (SSSR count). The van der Waals surface area contributed by atoms with Gasteiger partial charge in [-0.15, -0.1) is 0 Å². The summed E-state index contributed by atoms with van der Waals surface area (Å²) in [4.78, 5) is 8.68. The minimum atomic E-state index is -0.0777. The fourth-order valence-corrected chi connectivity index (χ4v) is 3.17. The molecule has 2 aromatic heterocycles. The highest BCUT2D eigenvalue weighted by atomic mass is 79.9. The zero-order chi connectivity index (χ0) is 14.5. The summed E-state index contributed by atoms with van der Waals surface area (Å²) < 4.78 is 1.87. The van der Waals surface area contributed by atoms with Gasteiger partial charge in [-0.1, -0.05) is 13.0 Å². The van der Waals surface area contributed by atoms with Gasteiger partial charge in [-0.25, -0.2) is 4.98 Å². The minimum absolute atomic E-state index is 0.0777. The molecule has 0 aliphatic rings. The van der Waals surface area contributed by atoms with E-state index in [1.807, 2.05) is 18.2 Å². The van der Waals surface area contributed by atoms with Crippen LogP contribution in [0.15, 0.2) is 39.5 Å². The summed E-state index contributed by atoms with van der Waals surface area (Å²) in [6.07, 6.45) is 4.51. The number of halogens is 2. The summed E-state index contributed by atoms with van der Waals surface area (Å²) in [5, 5.41) is 3.48. The SMILES string of the molecule is CCCNC(c1cccnc1N)c1ncc(Br)cc1Br. The quantitative estimate of drug-likeness (QED) is 0.804. The first-order chi connectivity index (χ1) is 9.63. The smallest absolute Gasteiger partial charge is 0.128 e. The van der Waals surface area contributed by atoms with Crippen LogP contribution in [0.25, 0.3) is 0 Å². The van der Waals surface area contributed by atoms with E-state index >= 15 is 0 Å². The Morgan fingerprint density at radius 3 is 2.80 bits per heavy atom. The van der Waals surface area contributed by atoms with Crippen molar-refractivity contribution in [1.29, 1.82) is 0 Å². The second-order valence-corrected chi connectivity index (χ2v) is 6.16. The first-order valence-corrected chi connectivity index (χ1v) is 7.96. The van der Waals surface area contributed by atoms with Gasteiger partial charge < -0.3 is 11.1 Å². The molecule has 0 aliphatic carbocycles. The topological polar surface area (TPSA) is 63.8 Å². The largest absolute Gasteiger partial charge is 0.383 e. The van der Waals surface area contributed by atoms with Crippen LogP contribution in [0, 0.1) is 0 Å².